The highest BCUT2D eigenvalue weighted by atomic mass is 19.4. The van der Waals surface area contributed by atoms with Gasteiger partial charge in [0.2, 0.25) is 12.5 Å². The largest absolute Gasteiger partial charge is 0.462 e. The highest BCUT2D eigenvalue weighted by Crippen LogP contribution is 2.40. The van der Waals surface area contributed by atoms with Gasteiger partial charge >= 0.3 is 12.2 Å². The molecule has 2 aromatic rings. The molecule has 0 bridgehead atoms. The minimum absolute atomic E-state index is 0.000825. The zero-order valence-corrected chi connectivity index (χ0v) is 24.4. The van der Waals surface area contributed by atoms with E-state index in [0.717, 1.165) is 6.07 Å². The number of halogens is 5. The second-order valence-corrected chi connectivity index (χ2v) is 10.4. The fraction of sp³-hybridized carbons (Fsp3) is 0.517. The molecule has 3 heterocycles. The standard InChI is InChI=1S/C20H22F5N5O.C9H14N2O/c1-29-8-11(21)7-12(29)10-31-19-27-15-9-30(6-5-13(15)18(26)28-19)16-4-2-3-14(22)17(16)20(23,24)25;1-5-9(12)11(6-2)8(3)7-10-4/h2-4,11-12H,5-10H2,1H3,(H2,26,27,28);5,8H,1,6-7H2,2-3H3/t11-,12+;/m0./s1. The van der Waals surface area contributed by atoms with E-state index in [1.807, 2.05) is 18.7 Å². The second-order valence-electron chi connectivity index (χ2n) is 10.4. The molecule has 1 fully saturated rings. The maximum Gasteiger partial charge on any atom is 0.421 e. The molecule has 2 N–H and O–H groups in total. The number of likely N-dealkylation sites (tertiary alicyclic amines) is 1. The van der Waals surface area contributed by atoms with E-state index in [-0.39, 0.29) is 55.2 Å². The Labute approximate surface area is 247 Å². The zero-order chi connectivity index (χ0) is 31.9. The summed E-state index contributed by atoms with van der Waals surface area (Å²) in [6.07, 6.45) is -3.82. The van der Waals surface area contributed by atoms with Gasteiger partial charge in [0, 0.05) is 31.2 Å². The molecule has 1 saturated heterocycles. The maximum absolute atomic E-state index is 14.0. The van der Waals surface area contributed by atoms with Crippen molar-refractivity contribution in [2.75, 3.05) is 50.5 Å². The van der Waals surface area contributed by atoms with Crippen molar-refractivity contribution in [3.05, 3.63) is 64.9 Å². The number of alkyl halides is 4. The van der Waals surface area contributed by atoms with E-state index in [9.17, 15) is 26.7 Å². The van der Waals surface area contributed by atoms with Gasteiger partial charge in [-0.15, -0.1) is 0 Å². The number of amides is 1. The third-order valence-electron chi connectivity index (χ3n) is 7.42. The quantitative estimate of drug-likeness (QED) is 0.267. The summed E-state index contributed by atoms with van der Waals surface area (Å²) in [5.74, 6) is -1.24. The molecule has 1 aromatic heterocycles. The number of fused-ring (bicyclic) bond motifs is 1. The average Bonchev–Trinajstić information content (AvgIpc) is 3.27. The Kier molecular flexibility index (Phi) is 11.3. The number of hydrogen-bond donors (Lipinski definition) is 1. The minimum Gasteiger partial charge on any atom is -0.462 e. The molecule has 234 valence electrons. The van der Waals surface area contributed by atoms with E-state index in [4.69, 9.17) is 17.0 Å². The van der Waals surface area contributed by atoms with Crippen molar-refractivity contribution in [1.29, 1.82) is 0 Å². The van der Waals surface area contributed by atoms with Gasteiger partial charge in [-0.2, -0.15) is 23.1 Å². The molecule has 0 spiro atoms. The number of carbonyl (C=O) groups excluding carboxylic acids is 1. The van der Waals surface area contributed by atoms with Crippen LogP contribution in [-0.2, 0) is 23.9 Å². The molecule has 2 aliphatic rings. The lowest BCUT2D eigenvalue weighted by Crippen LogP contribution is -2.38. The first-order chi connectivity index (χ1) is 20.3. The molecule has 1 amide bonds. The Morgan fingerprint density at radius 1 is 1.37 bits per heavy atom. The molecule has 0 saturated carbocycles. The summed E-state index contributed by atoms with van der Waals surface area (Å²) in [6, 6.07) is 3.12. The fourth-order valence-electron chi connectivity index (χ4n) is 5.17. The second kappa shape index (κ2) is 14.5. The molecule has 3 atom stereocenters. The van der Waals surface area contributed by atoms with Crippen LogP contribution in [0.25, 0.3) is 4.85 Å². The molecule has 1 aromatic carbocycles. The molecular formula is C29H36F5N7O2. The topological polar surface area (TPSA) is 92.2 Å². The Hall–Kier alpha value is -3.99. The summed E-state index contributed by atoms with van der Waals surface area (Å²) in [4.78, 5) is 27.8. The summed E-state index contributed by atoms with van der Waals surface area (Å²) in [5, 5.41) is 0. The van der Waals surface area contributed by atoms with Crippen LogP contribution in [0.5, 0.6) is 6.01 Å². The lowest BCUT2D eigenvalue weighted by atomic mass is 10.0. The third-order valence-corrected chi connectivity index (χ3v) is 7.42. The number of likely N-dealkylation sites (N-methyl/N-ethyl adjacent to an activating group) is 2. The first kappa shape index (κ1) is 33.5. The van der Waals surface area contributed by atoms with Gasteiger partial charge in [-0.3, -0.25) is 9.69 Å². The number of hydrogen-bond acceptors (Lipinski definition) is 7. The molecule has 14 heteroatoms. The Morgan fingerprint density at radius 3 is 2.67 bits per heavy atom. The van der Waals surface area contributed by atoms with Gasteiger partial charge in [0.05, 0.1) is 17.9 Å². The number of nitrogens with zero attached hydrogens (tertiary/aromatic N) is 6. The SMILES string of the molecule is CN1C[C@@H](F)C[C@@H]1COc1nc(N)c2c(n1)CN(c1cccc(F)c1C(F)(F)F)CC2.[C-]#[N+]CC(C)N(CC)C(=O)C=C. The first-order valence-electron chi connectivity index (χ1n) is 13.8. The highest BCUT2D eigenvalue weighted by Gasteiger charge is 2.39. The summed E-state index contributed by atoms with van der Waals surface area (Å²) in [7, 11) is 1.80. The van der Waals surface area contributed by atoms with Gasteiger partial charge in [-0.05, 0) is 51.9 Å². The van der Waals surface area contributed by atoms with Crippen molar-refractivity contribution in [2.24, 2.45) is 0 Å². The van der Waals surface area contributed by atoms with E-state index in [0.29, 0.717) is 43.7 Å². The minimum atomic E-state index is -4.83. The van der Waals surface area contributed by atoms with Crippen molar-refractivity contribution < 1.29 is 31.5 Å². The van der Waals surface area contributed by atoms with E-state index < -0.39 is 23.7 Å². The lowest BCUT2D eigenvalue weighted by Gasteiger charge is -2.32. The Balaban J connectivity index is 0.000000359. The van der Waals surface area contributed by atoms with Crippen LogP contribution < -0.4 is 15.4 Å². The number of rotatable bonds is 8. The van der Waals surface area contributed by atoms with E-state index in [1.54, 1.807) is 11.9 Å². The summed E-state index contributed by atoms with van der Waals surface area (Å²) in [5.41, 5.74) is 5.53. The molecule has 1 unspecified atom stereocenters. The van der Waals surface area contributed by atoms with Gasteiger partial charge in [0.15, 0.2) is 0 Å². The summed E-state index contributed by atoms with van der Waals surface area (Å²) < 4.78 is 73.4. The molecular weight excluding hydrogens is 573 g/mol. The van der Waals surface area contributed by atoms with Gasteiger partial charge in [0.1, 0.15) is 36.0 Å². The van der Waals surface area contributed by atoms with Crippen LogP contribution in [0.3, 0.4) is 0 Å². The van der Waals surface area contributed by atoms with Crippen LogP contribution in [0.1, 0.15) is 37.1 Å². The van der Waals surface area contributed by atoms with Crippen LogP contribution >= 0.6 is 0 Å². The first-order valence-corrected chi connectivity index (χ1v) is 13.8. The lowest BCUT2D eigenvalue weighted by molar-refractivity contribution is -0.139. The maximum atomic E-state index is 14.0. The van der Waals surface area contributed by atoms with Gasteiger partial charge in [0.25, 0.3) is 0 Å². The third kappa shape index (κ3) is 8.31. The summed E-state index contributed by atoms with van der Waals surface area (Å²) >= 11 is 0. The normalized spacial score (nSPS) is 19.0. The number of aromatic nitrogens is 2. The van der Waals surface area contributed by atoms with Crippen LogP contribution in [0.4, 0.5) is 33.5 Å². The monoisotopic (exact) mass is 609 g/mol. The van der Waals surface area contributed by atoms with E-state index >= 15 is 0 Å². The number of carbonyl (C=O) groups is 1. The molecule has 4 rings (SSSR count). The van der Waals surface area contributed by atoms with Crippen molar-refractivity contribution in [2.45, 2.75) is 57.7 Å². The average molecular weight is 610 g/mol. The highest BCUT2D eigenvalue weighted by molar-refractivity contribution is 5.87. The van der Waals surface area contributed by atoms with E-state index in [2.05, 4.69) is 21.4 Å². The number of ether oxygens (including phenoxy) is 1. The summed E-state index contributed by atoms with van der Waals surface area (Å²) in [6.45, 7) is 15.5. The molecule has 9 nitrogen and oxygen atoms in total. The molecule has 2 aliphatic heterocycles. The Bertz CT molecular complexity index is 1330. The molecule has 0 aliphatic carbocycles. The molecule has 0 radical (unpaired) electrons. The van der Waals surface area contributed by atoms with Crippen LogP contribution in [0.15, 0.2) is 30.9 Å². The van der Waals surface area contributed by atoms with Crippen LogP contribution in [0.2, 0.25) is 0 Å². The number of nitrogens with two attached hydrogens (primary N) is 1. The van der Waals surface area contributed by atoms with Crippen LogP contribution in [-0.4, -0.2) is 83.8 Å². The van der Waals surface area contributed by atoms with Crippen molar-refractivity contribution in [1.82, 2.24) is 19.8 Å². The van der Waals surface area contributed by atoms with Gasteiger partial charge in [-0.25, -0.2) is 15.4 Å². The fourth-order valence-corrected chi connectivity index (χ4v) is 5.17. The van der Waals surface area contributed by atoms with Crippen molar-refractivity contribution in [3.8, 4) is 6.01 Å². The number of nitrogen functional groups attached to an aromatic ring is 1. The van der Waals surface area contributed by atoms with Gasteiger partial charge < -0.3 is 25.1 Å². The van der Waals surface area contributed by atoms with Gasteiger partial charge in [-0.1, -0.05) is 12.6 Å². The predicted octanol–water partition coefficient (Wildman–Crippen LogP) is 4.53. The Morgan fingerprint density at radius 2 is 2.09 bits per heavy atom. The van der Waals surface area contributed by atoms with Crippen molar-refractivity contribution >= 4 is 17.4 Å². The predicted molar refractivity (Wildman–Crippen MR) is 153 cm³/mol. The zero-order valence-electron chi connectivity index (χ0n) is 24.4. The smallest absolute Gasteiger partial charge is 0.421 e. The number of benzene rings is 1. The molecule has 43 heavy (non-hydrogen) atoms. The van der Waals surface area contributed by atoms with E-state index in [1.165, 1.54) is 23.1 Å². The number of anilines is 2. The van der Waals surface area contributed by atoms with Crippen LogP contribution in [0, 0.1) is 12.4 Å². The van der Waals surface area contributed by atoms with Crippen molar-refractivity contribution in [3.63, 3.8) is 0 Å².